The van der Waals surface area contributed by atoms with Gasteiger partial charge >= 0.3 is 6.09 Å². The molecule has 92 valence electrons. The van der Waals surface area contributed by atoms with Crippen LogP contribution in [0, 0.1) is 0 Å². The van der Waals surface area contributed by atoms with Gasteiger partial charge in [0.25, 0.3) is 0 Å². The van der Waals surface area contributed by atoms with Crippen molar-refractivity contribution in [3.8, 4) is 0 Å². The summed E-state index contributed by atoms with van der Waals surface area (Å²) in [6, 6.07) is 0. The van der Waals surface area contributed by atoms with Crippen LogP contribution in [-0.2, 0) is 14.2 Å². The van der Waals surface area contributed by atoms with Gasteiger partial charge in [-0.05, 0) is 27.2 Å². The van der Waals surface area contributed by atoms with Crippen molar-refractivity contribution in [1.29, 1.82) is 0 Å². The zero-order valence-electron chi connectivity index (χ0n) is 10.0. The number of amides is 1. The van der Waals surface area contributed by atoms with Crippen LogP contribution in [0.3, 0.4) is 0 Å². The van der Waals surface area contributed by atoms with Crippen LogP contribution in [0.25, 0.3) is 0 Å². The number of carbonyl (C=O) groups excluding carboxylic acids is 1. The lowest BCUT2D eigenvalue weighted by Gasteiger charge is -2.29. The minimum Gasteiger partial charge on any atom is -0.444 e. The summed E-state index contributed by atoms with van der Waals surface area (Å²) in [5, 5.41) is 2.90. The third kappa shape index (κ3) is 2.65. The van der Waals surface area contributed by atoms with Crippen molar-refractivity contribution in [3.05, 3.63) is 0 Å². The van der Waals surface area contributed by atoms with Gasteiger partial charge in [0.05, 0.1) is 18.8 Å². The summed E-state index contributed by atoms with van der Waals surface area (Å²) in [6.45, 7) is 7.40. The molecule has 16 heavy (non-hydrogen) atoms. The summed E-state index contributed by atoms with van der Waals surface area (Å²) in [5.74, 6) is 0. The first kappa shape index (κ1) is 11.7. The molecule has 0 aromatic heterocycles. The summed E-state index contributed by atoms with van der Waals surface area (Å²) in [5.41, 5.74) is -0.850. The van der Waals surface area contributed by atoms with Crippen molar-refractivity contribution >= 4 is 6.09 Å². The second kappa shape index (κ2) is 3.89. The molecule has 2 saturated heterocycles. The molecule has 0 saturated carbocycles. The molecular weight excluding hydrogens is 210 g/mol. The monoisotopic (exact) mass is 229 g/mol. The molecule has 2 aliphatic heterocycles. The van der Waals surface area contributed by atoms with Crippen LogP contribution >= 0.6 is 0 Å². The summed E-state index contributed by atoms with van der Waals surface area (Å²) in [7, 11) is 0. The highest BCUT2D eigenvalue weighted by molar-refractivity contribution is 5.69. The van der Waals surface area contributed by atoms with Crippen LogP contribution in [0.1, 0.15) is 27.2 Å². The molecule has 5 nitrogen and oxygen atoms in total. The van der Waals surface area contributed by atoms with Gasteiger partial charge in [-0.3, -0.25) is 0 Å². The molecule has 2 rings (SSSR count). The standard InChI is InChI=1S/C11H19NO4/c1-10(2,3)16-9(13)12-11(8-6-15-8)4-5-14-7-11/h8H,4-7H2,1-3H3,(H,12,13)/t8-,11?/m0/s1. The number of epoxide rings is 1. The van der Waals surface area contributed by atoms with E-state index in [1.54, 1.807) is 0 Å². The molecule has 0 aliphatic carbocycles. The average molecular weight is 229 g/mol. The minimum absolute atomic E-state index is 0.0857. The lowest BCUT2D eigenvalue weighted by atomic mass is 9.95. The molecule has 2 atom stereocenters. The second-order valence-corrected chi connectivity index (χ2v) is 5.41. The first-order valence-corrected chi connectivity index (χ1v) is 5.62. The maximum absolute atomic E-state index is 11.7. The Hall–Kier alpha value is -0.810. The Bertz CT molecular complexity index is 274. The fourth-order valence-electron chi connectivity index (χ4n) is 1.89. The molecule has 2 aliphatic rings. The average Bonchev–Trinajstić information content (AvgIpc) is 2.86. The van der Waals surface area contributed by atoms with Gasteiger partial charge in [0, 0.05) is 6.61 Å². The maximum atomic E-state index is 11.7. The van der Waals surface area contributed by atoms with Crippen molar-refractivity contribution in [1.82, 2.24) is 5.32 Å². The number of nitrogens with one attached hydrogen (secondary N) is 1. The Balaban J connectivity index is 1.93. The third-order valence-corrected chi connectivity index (χ3v) is 2.75. The van der Waals surface area contributed by atoms with E-state index in [9.17, 15) is 4.79 Å². The fraction of sp³-hybridized carbons (Fsp3) is 0.909. The molecule has 2 heterocycles. The van der Waals surface area contributed by atoms with E-state index in [1.807, 2.05) is 20.8 Å². The van der Waals surface area contributed by atoms with E-state index in [-0.39, 0.29) is 11.6 Å². The van der Waals surface area contributed by atoms with E-state index in [0.29, 0.717) is 19.8 Å². The smallest absolute Gasteiger partial charge is 0.408 e. The Labute approximate surface area is 95.4 Å². The molecule has 1 amide bonds. The van der Waals surface area contributed by atoms with Gasteiger partial charge in [0.15, 0.2) is 0 Å². The van der Waals surface area contributed by atoms with Crippen LogP contribution in [0.2, 0.25) is 0 Å². The summed E-state index contributed by atoms with van der Waals surface area (Å²) in [4.78, 5) is 11.7. The molecule has 1 unspecified atom stereocenters. The molecule has 0 bridgehead atoms. The first-order chi connectivity index (χ1) is 7.41. The predicted octanol–water partition coefficient (Wildman–Crippen LogP) is 1.07. The van der Waals surface area contributed by atoms with E-state index in [0.717, 1.165) is 6.42 Å². The van der Waals surface area contributed by atoms with Gasteiger partial charge in [0.1, 0.15) is 11.7 Å². The van der Waals surface area contributed by atoms with Crippen molar-refractivity contribution < 1.29 is 19.0 Å². The van der Waals surface area contributed by atoms with Gasteiger partial charge in [0.2, 0.25) is 0 Å². The SMILES string of the molecule is CC(C)(C)OC(=O)NC1([C@@H]2CO2)CCOC1. The van der Waals surface area contributed by atoms with Crippen LogP contribution in [0.5, 0.6) is 0 Å². The number of ether oxygens (including phenoxy) is 3. The summed E-state index contributed by atoms with van der Waals surface area (Å²) >= 11 is 0. The van der Waals surface area contributed by atoms with E-state index in [4.69, 9.17) is 14.2 Å². The quantitative estimate of drug-likeness (QED) is 0.719. The van der Waals surface area contributed by atoms with Crippen LogP contribution in [0.4, 0.5) is 4.79 Å². The van der Waals surface area contributed by atoms with Crippen molar-refractivity contribution in [2.75, 3.05) is 19.8 Å². The van der Waals surface area contributed by atoms with Gasteiger partial charge < -0.3 is 19.5 Å². The van der Waals surface area contributed by atoms with Gasteiger partial charge in [-0.1, -0.05) is 0 Å². The molecular formula is C11H19NO4. The predicted molar refractivity (Wildman–Crippen MR) is 57.3 cm³/mol. The molecule has 0 radical (unpaired) electrons. The van der Waals surface area contributed by atoms with Crippen molar-refractivity contribution in [3.63, 3.8) is 0 Å². The van der Waals surface area contributed by atoms with E-state index >= 15 is 0 Å². The molecule has 0 aromatic rings. The lowest BCUT2D eigenvalue weighted by Crippen LogP contribution is -2.54. The van der Waals surface area contributed by atoms with Crippen LogP contribution in [0.15, 0.2) is 0 Å². The minimum atomic E-state index is -0.477. The van der Waals surface area contributed by atoms with E-state index in [2.05, 4.69) is 5.32 Å². The number of hydrogen-bond donors (Lipinski definition) is 1. The van der Waals surface area contributed by atoms with E-state index in [1.165, 1.54) is 0 Å². The molecule has 5 heteroatoms. The van der Waals surface area contributed by atoms with Crippen LogP contribution in [-0.4, -0.2) is 43.2 Å². The summed E-state index contributed by atoms with van der Waals surface area (Å²) in [6.07, 6.45) is 0.479. The number of alkyl carbamates (subject to hydrolysis) is 1. The third-order valence-electron chi connectivity index (χ3n) is 2.75. The highest BCUT2D eigenvalue weighted by Crippen LogP contribution is 2.32. The number of hydrogen-bond acceptors (Lipinski definition) is 4. The van der Waals surface area contributed by atoms with Crippen molar-refractivity contribution in [2.45, 2.75) is 44.4 Å². The molecule has 2 fully saturated rings. The first-order valence-electron chi connectivity index (χ1n) is 5.62. The number of carbonyl (C=O) groups is 1. The zero-order chi connectivity index (χ0) is 11.8. The fourth-order valence-corrected chi connectivity index (χ4v) is 1.89. The Morgan fingerprint density at radius 2 is 2.19 bits per heavy atom. The maximum Gasteiger partial charge on any atom is 0.408 e. The van der Waals surface area contributed by atoms with E-state index < -0.39 is 11.7 Å². The highest BCUT2D eigenvalue weighted by Gasteiger charge is 2.51. The van der Waals surface area contributed by atoms with Gasteiger partial charge in [-0.25, -0.2) is 4.79 Å². The Kier molecular flexibility index (Phi) is 2.84. The number of rotatable bonds is 2. The Morgan fingerprint density at radius 1 is 1.50 bits per heavy atom. The van der Waals surface area contributed by atoms with Crippen LogP contribution < -0.4 is 5.32 Å². The second-order valence-electron chi connectivity index (χ2n) is 5.41. The summed E-state index contributed by atoms with van der Waals surface area (Å²) < 4.78 is 15.9. The molecule has 0 spiro atoms. The largest absolute Gasteiger partial charge is 0.444 e. The molecule has 1 N–H and O–H groups in total. The van der Waals surface area contributed by atoms with Gasteiger partial charge in [-0.15, -0.1) is 0 Å². The Morgan fingerprint density at radius 3 is 2.62 bits per heavy atom. The van der Waals surface area contributed by atoms with Crippen molar-refractivity contribution in [2.24, 2.45) is 0 Å². The normalized spacial score (nSPS) is 33.6. The zero-order valence-corrected chi connectivity index (χ0v) is 10.0. The molecule has 0 aromatic carbocycles. The lowest BCUT2D eigenvalue weighted by molar-refractivity contribution is 0.0414. The van der Waals surface area contributed by atoms with Gasteiger partial charge in [-0.2, -0.15) is 0 Å². The topological polar surface area (TPSA) is 60.1 Å². The highest BCUT2D eigenvalue weighted by atomic mass is 16.6.